The molecule has 18 heavy (non-hydrogen) atoms. The van der Waals surface area contributed by atoms with Gasteiger partial charge in [-0.3, -0.25) is 4.79 Å². The average molecular weight is 246 g/mol. The van der Waals surface area contributed by atoms with Gasteiger partial charge >= 0.3 is 0 Å². The molecule has 98 valence electrons. The minimum atomic E-state index is 0.220. The minimum absolute atomic E-state index is 0.220. The standard InChI is InChI=1S/C15H22N2O/c16-10-12-6-8-13(9-7-12)11-17-15(18)14-4-2-1-3-5-14/h6-9,14H,1-5,10-11,16H2,(H,17,18). The lowest BCUT2D eigenvalue weighted by Crippen LogP contribution is -2.31. The fourth-order valence-corrected chi connectivity index (χ4v) is 2.49. The van der Waals surface area contributed by atoms with Crippen molar-refractivity contribution < 1.29 is 4.79 Å². The first kappa shape index (κ1) is 13.1. The van der Waals surface area contributed by atoms with Crippen LogP contribution in [0.2, 0.25) is 0 Å². The maximum absolute atomic E-state index is 12.0. The summed E-state index contributed by atoms with van der Waals surface area (Å²) in [6.45, 7) is 1.19. The summed E-state index contributed by atoms with van der Waals surface area (Å²) in [5.74, 6) is 0.458. The summed E-state index contributed by atoms with van der Waals surface area (Å²) < 4.78 is 0. The highest BCUT2D eigenvalue weighted by Crippen LogP contribution is 2.23. The van der Waals surface area contributed by atoms with Crippen LogP contribution in [0.5, 0.6) is 0 Å². The van der Waals surface area contributed by atoms with Crippen molar-refractivity contribution in [2.45, 2.75) is 45.2 Å². The van der Waals surface area contributed by atoms with E-state index in [0.29, 0.717) is 13.1 Å². The van der Waals surface area contributed by atoms with Gasteiger partial charge in [0.2, 0.25) is 5.91 Å². The summed E-state index contributed by atoms with van der Waals surface area (Å²) in [6.07, 6.45) is 5.78. The Morgan fingerprint density at radius 3 is 2.33 bits per heavy atom. The third kappa shape index (κ3) is 3.57. The van der Waals surface area contributed by atoms with Crippen LogP contribution in [-0.2, 0) is 17.9 Å². The Balaban J connectivity index is 1.80. The van der Waals surface area contributed by atoms with Gasteiger partial charge in [-0.15, -0.1) is 0 Å². The van der Waals surface area contributed by atoms with Gasteiger partial charge in [0, 0.05) is 19.0 Å². The molecule has 1 saturated carbocycles. The monoisotopic (exact) mass is 246 g/mol. The first-order chi connectivity index (χ1) is 8.79. The molecule has 3 nitrogen and oxygen atoms in total. The second kappa shape index (κ2) is 6.55. The molecule has 1 amide bonds. The summed E-state index contributed by atoms with van der Waals surface area (Å²) >= 11 is 0. The number of carbonyl (C=O) groups excluding carboxylic acids is 1. The van der Waals surface area contributed by atoms with Gasteiger partial charge < -0.3 is 11.1 Å². The number of amides is 1. The summed E-state index contributed by atoms with van der Waals surface area (Å²) in [5, 5.41) is 3.04. The van der Waals surface area contributed by atoms with Crippen LogP contribution in [0.1, 0.15) is 43.2 Å². The molecule has 0 saturated heterocycles. The van der Waals surface area contributed by atoms with E-state index in [1.807, 2.05) is 24.3 Å². The van der Waals surface area contributed by atoms with Crippen LogP contribution in [0.4, 0.5) is 0 Å². The summed E-state index contributed by atoms with van der Waals surface area (Å²) in [7, 11) is 0. The third-order valence-corrected chi connectivity index (χ3v) is 3.70. The second-order valence-electron chi connectivity index (χ2n) is 5.07. The van der Waals surface area contributed by atoms with E-state index in [2.05, 4.69) is 5.32 Å². The van der Waals surface area contributed by atoms with E-state index in [4.69, 9.17) is 5.73 Å². The number of rotatable bonds is 4. The van der Waals surface area contributed by atoms with E-state index in [1.165, 1.54) is 19.3 Å². The molecule has 0 radical (unpaired) electrons. The molecule has 1 fully saturated rings. The van der Waals surface area contributed by atoms with Crippen LogP contribution in [0.3, 0.4) is 0 Å². The van der Waals surface area contributed by atoms with E-state index < -0.39 is 0 Å². The number of nitrogens with two attached hydrogens (primary N) is 1. The normalized spacial score (nSPS) is 16.5. The van der Waals surface area contributed by atoms with Gasteiger partial charge in [0.1, 0.15) is 0 Å². The molecular formula is C15H22N2O. The summed E-state index contributed by atoms with van der Waals surface area (Å²) in [4.78, 5) is 12.0. The van der Waals surface area contributed by atoms with E-state index in [0.717, 1.165) is 24.0 Å². The zero-order chi connectivity index (χ0) is 12.8. The van der Waals surface area contributed by atoms with Crippen LogP contribution in [0.15, 0.2) is 24.3 Å². The predicted molar refractivity (Wildman–Crippen MR) is 72.8 cm³/mol. The van der Waals surface area contributed by atoms with Crippen LogP contribution >= 0.6 is 0 Å². The van der Waals surface area contributed by atoms with Crippen molar-refractivity contribution >= 4 is 5.91 Å². The Labute approximate surface area is 109 Å². The second-order valence-corrected chi connectivity index (χ2v) is 5.07. The summed E-state index contributed by atoms with van der Waals surface area (Å²) in [6, 6.07) is 8.09. The van der Waals surface area contributed by atoms with E-state index in [1.54, 1.807) is 0 Å². The van der Waals surface area contributed by atoms with Crippen LogP contribution < -0.4 is 11.1 Å². The van der Waals surface area contributed by atoms with Gasteiger partial charge in [-0.25, -0.2) is 0 Å². The van der Waals surface area contributed by atoms with Crippen molar-refractivity contribution in [3.05, 3.63) is 35.4 Å². The molecular weight excluding hydrogens is 224 g/mol. The quantitative estimate of drug-likeness (QED) is 0.856. The number of hydrogen-bond donors (Lipinski definition) is 2. The zero-order valence-corrected chi connectivity index (χ0v) is 10.8. The first-order valence-electron chi connectivity index (χ1n) is 6.85. The van der Waals surface area contributed by atoms with Crippen molar-refractivity contribution in [1.29, 1.82) is 0 Å². The third-order valence-electron chi connectivity index (χ3n) is 3.70. The molecule has 1 aromatic rings. The predicted octanol–water partition coefficient (Wildman–Crippen LogP) is 2.34. The highest BCUT2D eigenvalue weighted by molar-refractivity contribution is 5.78. The van der Waals surface area contributed by atoms with Gasteiger partial charge in [0.25, 0.3) is 0 Å². The van der Waals surface area contributed by atoms with Gasteiger partial charge in [-0.2, -0.15) is 0 Å². The maximum atomic E-state index is 12.0. The van der Waals surface area contributed by atoms with E-state index in [-0.39, 0.29) is 11.8 Å². The van der Waals surface area contributed by atoms with Crippen molar-refractivity contribution in [1.82, 2.24) is 5.32 Å². The fraction of sp³-hybridized carbons (Fsp3) is 0.533. The number of benzene rings is 1. The number of hydrogen-bond acceptors (Lipinski definition) is 2. The molecule has 0 aromatic heterocycles. The zero-order valence-electron chi connectivity index (χ0n) is 10.8. The molecule has 1 aliphatic carbocycles. The Morgan fingerprint density at radius 2 is 1.72 bits per heavy atom. The van der Waals surface area contributed by atoms with Crippen molar-refractivity contribution in [3.8, 4) is 0 Å². The van der Waals surface area contributed by atoms with E-state index >= 15 is 0 Å². The molecule has 0 aliphatic heterocycles. The lowest BCUT2D eigenvalue weighted by molar-refractivity contribution is -0.126. The first-order valence-corrected chi connectivity index (χ1v) is 6.85. The fourth-order valence-electron chi connectivity index (χ4n) is 2.49. The molecule has 1 aromatic carbocycles. The lowest BCUT2D eigenvalue weighted by Gasteiger charge is -2.20. The molecule has 0 unspecified atom stereocenters. The van der Waals surface area contributed by atoms with Crippen LogP contribution in [0.25, 0.3) is 0 Å². The number of nitrogens with one attached hydrogen (secondary N) is 1. The smallest absolute Gasteiger partial charge is 0.223 e. The molecule has 3 heteroatoms. The molecule has 1 aliphatic rings. The lowest BCUT2D eigenvalue weighted by atomic mass is 9.88. The molecule has 0 atom stereocenters. The topological polar surface area (TPSA) is 55.1 Å². The van der Waals surface area contributed by atoms with Gasteiger partial charge in [-0.05, 0) is 24.0 Å². The van der Waals surface area contributed by atoms with Crippen molar-refractivity contribution in [2.24, 2.45) is 11.7 Å². The van der Waals surface area contributed by atoms with Crippen LogP contribution in [-0.4, -0.2) is 5.91 Å². The average Bonchev–Trinajstić information content (AvgIpc) is 2.46. The van der Waals surface area contributed by atoms with Gasteiger partial charge in [0.15, 0.2) is 0 Å². The SMILES string of the molecule is NCc1ccc(CNC(=O)C2CCCCC2)cc1. The highest BCUT2D eigenvalue weighted by atomic mass is 16.1. The Bertz CT molecular complexity index is 380. The molecule has 0 bridgehead atoms. The Kier molecular flexibility index (Phi) is 4.76. The van der Waals surface area contributed by atoms with Crippen LogP contribution in [0, 0.1) is 5.92 Å². The van der Waals surface area contributed by atoms with Gasteiger partial charge in [-0.1, -0.05) is 43.5 Å². The molecule has 2 rings (SSSR count). The highest BCUT2D eigenvalue weighted by Gasteiger charge is 2.20. The van der Waals surface area contributed by atoms with Crippen molar-refractivity contribution in [2.75, 3.05) is 0 Å². The van der Waals surface area contributed by atoms with E-state index in [9.17, 15) is 4.79 Å². The van der Waals surface area contributed by atoms with Gasteiger partial charge in [0.05, 0.1) is 0 Å². The molecule has 3 N–H and O–H groups in total. The maximum Gasteiger partial charge on any atom is 0.223 e. The minimum Gasteiger partial charge on any atom is -0.352 e. The Morgan fingerprint density at radius 1 is 1.11 bits per heavy atom. The summed E-state index contributed by atoms with van der Waals surface area (Å²) in [5.41, 5.74) is 7.81. The van der Waals surface area contributed by atoms with Crippen molar-refractivity contribution in [3.63, 3.8) is 0 Å². The number of carbonyl (C=O) groups is 1. The molecule has 0 heterocycles. The molecule has 0 spiro atoms. The Hall–Kier alpha value is -1.35. The largest absolute Gasteiger partial charge is 0.352 e.